The highest BCUT2D eigenvalue weighted by Crippen LogP contribution is 2.41. The first-order chi connectivity index (χ1) is 9.43. The molecule has 1 heterocycles. The monoisotopic (exact) mass is 243 g/mol. The molecule has 1 heteroatoms. The molecule has 1 aliphatic rings. The summed E-state index contributed by atoms with van der Waals surface area (Å²) in [5.41, 5.74) is 8.21. The lowest BCUT2D eigenvalue weighted by Crippen LogP contribution is -1.87. The maximum Gasteiger partial charge on any atom is 0.0273 e. The van der Waals surface area contributed by atoms with Gasteiger partial charge in [-0.1, -0.05) is 42.5 Å². The van der Waals surface area contributed by atoms with Gasteiger partial charge in [-0.15, -0.1) is 0 Å². The highest BCUT2D eigenvalue weighted by Gasteiger charge is 2.20. The highest BCUT2D eigenvalue weighted by atomic mass is 14.6. The fourth-order valence-electron chi connectivity index (χ4n) is 2.96. The predicted molar refractivity (Wildman–Crippen MR) is 77.9 cm³/mol. The molecule has 0 saturated carbocycles. The molecular formula is C18H13N. The summed E-state index contributed by atoms with van der Waals surface area (Å²) in [6.07, 6.45) is 4.75. The van der Waals surface area contributed by atoms with Crippen LogP contribution in [0.15, 0.2) is 67.0 Å². The zero-order valence-electron chi connectivity index (χ0n) is 10.5. The number of fused-ring (bicyclic) bond motifs is 3. The molecule has 4 rings (SSSR count). The maximum atomic E-state index is 4.10. The van der Waals surface area contributed by atoms with Crippen molar-refractivity contribution in [2.75, 3.05) is 0 Å². The van der Waals surface area contributed by atoms with E-state index in [4.69, 9.17) is 0 Å². The van der Waals surface area contributed by atoms with Crippen molar-refractivity contribution < 1.29 is 0 Å². The Bertz CT molecular complexity index is 745. The molecule has 0 radical (unpaired) electrons. The molecule has 0 N–H and O–H groups in total. The third kappa shape index (κ3) is 1.59. The van der Waals surface area contributed by atoms with Gasteiger partial charge >= 0.3 is 0 Å². The van der Waals surface area contributed by atoms with Crippen LogP contribution in [-0.2, 0) is 6.42 Å². The van der Waals surface area contributed by atoms with Gasteiger partial charge in [-0.25, -0.2) is 0 Å². The average molecular weight is 243 g/mol. The van der Waals surface area contributed by atoms with Crippen molar-refractivity contribution in [3.05, 3.63) is 78.1 Å². The molecule has 0 unspecified atom stereocenters. The van der Waals surface area contributed by atoms with E-state index in [9.17, 15) is 0 Å². The average Bonchev–Trinajstić information content (AvgIpc) is 2.87. The fraction of sp³-hybridized carbons (Fsp3) is 0.0556. The van der Waals surface area contributed by atoms with Crippen LogP contribution >= 0.6 is 0 Å². The first kappa shape index (κ1) is 10.5. The summed E-state index contributed by atoms with van der Waals surface area (Å²) in [5.74, 6) is 0. The number of pyridine rings is 1. The van der Waals surface area contributed by atoms with Crippen molar-refractivity contribution in [2.45, 2.75) is 6.42 Å². The molecule has 0 aliphatic heterocycles. The Labute approximate surface area is 112 Å². The molecule has 1 aromatic heterocycles. The zero-order chi connectivity index (χ0) is 12.7. The highest BCUT2D eigenvalue weighted by molar-refractivity contribution is 5.84. The van der Waals surface area contributed by atoms with Gasteiger partial charge in [-0.05, 0) is 51.9 Å². The standard InChI is InChI=1S/C18H13N/c1-2-5-16-14(4-1)12-18-15(6-3-7-17(16)18)13-8-10-19-11-9-13/h1-11H,12H2. The molecular weight excluding hydrogens is 230 g/mol. The van der Waals surface area contributed by atoms with Gasteiger partial charge in [0.05, 0.1) is 0 Å². The van der Waals surface area contributed by atoms with Crippen molar-refractivity contribution >= 4 is 0 Å². The summed E-state index contributed by atoms with van der Waals surface area (Å²) < 4.78 is 0. The van der Waals surface area contributed by atoms with Gasteiger partial charge in [0.1, 0.15) is 0 Å². The molecule has 0 saturated heterocycles. The summed E-state index contributed by atoms with van der Waals surface area (Å²) in [6.45, 7) is 0. The van der Waals surface area contributed by atoms with Crippen molar-refractivity contribution in [3.8, 4) is 22.3 Å². The number of hydrogen-bond donors (Lipinski definition) is 0. The second kappa shape index (κ2) is 4.06. The molecule has 19 heavy (non-hydrogen) atoms. The van der Waals surface area contributed by atoms with E-state index in [-0.39, 0.29) is 0 Å². The largest absolute Gasteiger partial charge is 0.265 e. The SMILES string of the molecule is c1ccc2c(c1)Cc1c(-c3ccncc3)cccc1-2. The Morgan fingerprint density at radius 1 is 0.684 bits per heavy atom. The molecule has 1 nitrogen and oxygen atoms in total. The minimum atomic E-state index is 1.03. The molecule has 2 aromatic carbocycles. The summed E-state index contributed by atoms with van der Waals surface area (Å²) in [5, 5.41) is 0. The first-order valence-electron chi connectivity index (χ1n) is 6.54. The van der Waals surface area contributed by atoms with Crippen molar-refractivity contribution in [1.29, 1.82) is 0 Å². The van der Waals surface area contributed by atoms with Crippen LogP contribution in [0.5, 0.6) is 0 Å². The number of aromatic nitrogens is 1. The van der Waals surface area contributed by atoms with Gasteiger partial charge < -0.3 is 0 Å². The van der Waals surface area contributed by atoms with Crippen LogP contribution in [0.4, 0.5) is 0 Å². The van der Waals surface area contributed by atoms with Crippen molar-refractivity contribution in [2.24, 2.45) is 0 Å². The van der Waals surface area contributed by atoms with Crippen LogP contribution in [0.3, 0.4) is 0 Å². The number of benzene rings is 2. The summed E-state index contributed by atoms with van der Waals surface area (Å²) >= 11 is 0. The van der Waals surface area contributed by atoms with Crippen LogP contribution in [0.1, 0.15) is 11.1 Å². The van der Waals surface area contributed by atoms with Gasteiger partial charge in [0.15, 0.2) is 0 Å². The summed E-state index contributed by atoms with van der Waals surface area (Å²) in [7, 11) is 0. The van der Waals surface area contributed by atoms with Crippen LogP contribution in [0.2, 0.25) is 0 Å². The van der Waals surface area contributed by atoms with Crippen LogP contribution in [0.25, 0.3) is 22.3 Å². The Hall–Kier alpha value is -2.41. The van der Waals surface area contributed by atoms with Gasteiger partial charge in [0, 0.05) is 12.4 Å². The van der Waals surface area contributed by atoms with E-state index in [2.05, 4.69) is 59.6 Å². The second-order valence-corrected chi connectivity index (χ2v) is 4.90. The molecule has 0 amide bonds. The predicted octanol–water partition coefficient (Wildman–Crippen LogP) is 4.32. The molecule has 1 aliphatic carbocycles. The molecule has 90 valence electrons. The number of nitrogens with zero attached hydrogens (tertiary/aromatic N) is 1. The van der Waals surface area contributed by atoms with E-state index in [1.54, 1.807) is 0 Å². The third-order valence-electron chi connectivity index (χ3n) is 3.84. The second-order valence-electron chi connectivity index (χ2n) is 4.90. The Morgan fingerprint density at radius 3 is 2.32 bits per heavy atom. The Balaban J connectivity index is 1.95. The normalized spacial score (nSPS) is 12.0. The Kier molecular flexibility index (Phi) is 2.25. The van der Waals surface area contributed by atoms with Crippen LogP contribution in [-0.4, -0.2) is 4.98 Å². The van der Waals surface area contributed by atoms with Crippen molar-refractivity contribution in [1.82, 2.24) is 4.98 Å². The van der Waals surface area contributed by atoms with E-state index in [0.29, 0.717) is 0 Å². The maximum absolute atomic E-state index is 4.10. The van der Waals surface area contributed by atoms with Crippen LogP contribution in [0, 0.1) is 0 Å². The summed E-state index contributed by atoms with van der Waals surface area (Å²) in [6, 6.07) is 19.4. The Morgan fingerprint density at radius 2 is 1.42 bits per heavy atom. The van der Waals surface area contributed by atoms with E-state index in [1.165, 1.54) is 33.4 Å². The van der Waals surface area contributed by atoms with E-state index in [1.807, 2.05) is 12.4 Å². The third-order valence-corrected chi connectivity index (χ3v) is 3.84. The van der Waals surface area contributed by atoms with E-state index >= 15 is 0 Å². The first-order valence-corrected chi connectivity index (χ1v) is 6.54. The molecule has 0 spiro atoms. The van der Waals surface area contributed by atoms with Gasteiger partial charge in [-0.2, -0.15) is 0 Å². The lowest BCUT2D eigenvalue weighted by Gasteiger charge is -2.08. The van der Waals surface area contributed by atoms with Gasteiger partial charge in [0.2, 0.25) is 0 Å². The van der Waals surface area contributed by atoms with Gasteiger partial charge in [0.25, 0.3) is 0 Å². The van der Waals surface area contributed by atoms with E-state index < -0.39 is 0 Å². The molecule has 0 fully saturated rings. The van der Waals surface area contributed by atoms with Crippen molar-refractivity contribution in [3.63, 3.8) is 0 Å². The van der Waals surface area contributed by atoms with Gasteiger partial charge in [-0.3, -0.25) is 4.98 Å². The fourth-order valence-corrected chi connectivity index (χ4v) is 2.96. The zero-order valence-corrected chi connectivity index (χ0v) is 10.5. The lowest BCUT2D eigenvalue weighted by atomic mass is 9.96. The minimum Gasteiger partial charge on any atom is -0.265 e. The quantitative estimate of drug-likeness (QED) is 0.485. The van der Waals surface area contributed by atoms with E-state index in [0.717, 1.165) is 6.42 Å². The topological polar surface area (TPSA) is 12.9 Å². The molecule has 0 atom stereocenters. The van der Waals surface area contributed by atoms with Crippen LogP contribution < -0.4 is 0 Å². The minimum absolute atomic E-state index is 1.03. The number of hydrogen-bond acceptors (Lipinski definition) is 1. The number of rotatable bonds is 1. The smallest absolute Gasteiger partial charge is 0.0273 e. The summed E-state index contributed by atoms with van der Waals surface area (Å²) in [4.78, 5) is 4.10. The lowest BCUT2D eigenvalue weighted by molar-refractivity contribution is 1.26. The molecule has 3 aromatic rings. The molecule has 0 bridgehead atoms.